The maximum Gasteiger partial charge on any atom is 0.328 e. The molecule has 1 aliphatic rings. The molecular formula is C17H22N2O4. The SMILES string of the molecule is CCOC(=O)[C@H](C)NC(=O)[C@@H]1CCCN1C(=O)c1ccccc1. The molecule has 0 saturated carbocycles. The number of carbonyl (C=O) groups is 3. The summed E-state index contributed by atoms with van der Waals surface area (Å²) in [6, 6.07) is 7.62. The molecule has 1 heterocycles. The smallest absolute Gasteiger partial charge is 0.328 e. The number of hydrogen-bond donors (Lipinski definition) is 1. The lowest BCUT2D eigenvalue weighted by atomic mass is 10.1. The van der Waals surface area contributed by atoms with Crippen LogP contribution in [-0.2, 0) is 14.3 Å². The molecule has 2 rings (SSSR count). The molecule has 6 heteroatoms. The minimum absolute atomic E-state index is 0.160. The van der Waals surface area contributed by atoms with Crippen molar-refractivity contribution in [2.75, 3.05) is 13.2 Å². The van der Waals surface area contributed by atoms with Gasteiger partial charge in [0.1, 0.15) is 12.1 Å². The first-order chi connectivity index (χ1) is 11.0. The van der Waals surface area contributed by atoms with Crippen LogP contribution in [0.25, 0.3) is 0 Å². The minimum atomic E-state index is -0.725. The maximum absolute atomic E-state index is 12.5. The number of hydrogen-bond acceptors (Lipinski definition) is 4. The third kappa shape index (κ3) is 4.09. The van der Waals surface area contributed by atoms with Gasteiger partial charge in [-0.15, -0.1) is 0 Å². The second-order valence-electron chi connectivity index (χ2n) is 5.50. The molecule has 0 aliphatic carbocycles. The first-order valence-corrected chi connectivity index (χ1v) is 7.87. The van der Waals surface area contributed by atoms with Gasteiger partial charge < -0.3 is 15.0 Å². The molecule has 1 fully saturated rings. The summed E-state index contributed by atoms with van der Waals surface area (Å²) in [6.45, 7) is 4.10. The van der Waals surface area contributed by atoms with Crippen LogP contribution in [0.3, 0.4) is 0 Å². The van der Waals surface area contributed by atoms with E-state index in [2.05, 4.69) is 5.32 Å². The van der Waals surface area contributed by atoms with Crippen molar-refractivity contribution < 1.29 is 19.1 Å². The van der Waals surface area contributed by atoms with Crippen molar-refractivity contribution >= 4 is 17.8 Å². The van der Waals surface area contributed by atoms with Crippen molar-refractivity contribution in [2.45, 2.75) is 38.8 Å². The zero-order chi connectivity index (χ0) is 16.8. The van der Waals surface area contributed by atoms with E-state index in [4.69, 9.17) is 4.74 Å². The Balaban J connectivity index is 2.02. The number of nitrogens with zero attached hydrogens (tertiary/aromatic N) is 1. The Labute approximate surface area is 135 Å². The predicted molar refractivity (Wildman–Crippen MR) is 84.7 cm³/mol. The van der Waals surface area contributed by atoms with Gasteiger partial charge >= 0.3 is 5.97 Å². The molecule has 1 aromatic carbocycles. The van der Waals surface area contributed by atoms with Crippen LogP contribution in [-0.4, -0.2) is 47.9 Å². The second kappa shape index (κ2) is 7.76. The standard InChI is InChI=1S/C17H22N2O4/c1-3-23-17(22)12(2)18-15(20)14-10-7-11-19(14)16(21)13-8-5-4-6-9-13/h4-6,8-9,12,14H,3,7,10-11H2,1-2H3,(H,18,20)/t12-,14-/m0/s1. The van der Waals surface area contributed by atoms with Crippen molar-refractivity contribution in [1.29, 1.82) is 0 Å². The lowest BCUT2D eigenvalue weighted by Crippen LogP contribution is -2.50. The normalized spacial score (nSPS) is 18.3. The molecule has 124 valence electrons. The van der Waals surface area contributed by atoms with Crippen LogP contribution in [0.5, 0.6) is 0 Å². The van der Waals surface area contributed by atoms with Crippen molar-refractivity contribution in [3.8, 4) is 0 Å². The van der Waals surface area contributed by atoms with Crippen LogP contribution in [0.4, 0.5) is 0 Å². The van der Waals surface area contributed by atoms with Gasteiger partial charge in [0.15, 0.2) is 0 Å². The maximum atomic E-state index is 12.5. The monoisotopic (exact) mass is 318 g/mol. The zero-order valence-electron chi connectivity index (χ0n) is 13.5. The molecule has 2 amide bonds. The van der Waals surface area contributed by atoms with Crippen LogP contribution in [0.1, 0.15) is 37.0 Å². The Morgan fingerprint density at radius 2 is 2.00 bits per heavy atom. The van der Waals surface area contributed by atoms with Gasteiger partial charge in [-0.3, -0.25) is 9.59 Å². The second-order valence-corrected chi connectivity index (χ2v) is 5.50. The predicted octanol–water partition coefficient (Wildman–Crippen LogP) is 1.36. The molecule has 6 nitrogen and oxygen atoms in total. The Bertz CT molecular complexity index is 573. The van der Waals surface area contributed by atoms with Crippen LogP contribution in [0.15, 0.2) is 30.3 Å². The van der Waals surface area contributed by atoms with Gasteiger partial charge in [-0.1, -0.05) is 18.2 Å². The van der Waals surface area contributed by atoms with Crippen LogP contribution < -0.4 is 5.32 Å². The van der Waals surface area contributed by atoms with Crippen LogP contribution >= 0.6 is 0 Å². The summed E-state index contributed by atoms with van der Waals surface area (Å²) in [5.74, 6) is -0.945. The molecule has 0 unspecified atom stereocenters. The first kappa shape index (κ1) is 17.0. The number of amides is 2. The van der Waals surface area contributed by atoms with Gasteiger partial charge in [0.25, 0.3) is 5.91 Å². The highest BCUT2D eigenvalue weighted by molar-refractivity contribution is 5.98. The average Bonchev–Trinajstić information content (AvgIpc) is 3.04. The largest absolute Gasteiger partial charge is 0.464 e. The summed E-state index contributed by atoms with van der Waals surface area (Å²) in [7, 11) is 0. The fourth-order valence-corrected chi connectivity index (χ4v) is 2.66. The number of likely N-dealkylation sites (tertiary alicyclic amines) is 1. The van der Waals surface area contributed by atoms with Gasteiger partial charge in [-0.2, -0.15) is 0 Å². The molecule has 1 N–H and O–H groups in total. The van der Waals surface area contributed by atoms with Gasteiger partial charge in [-0.05, 0) is 38.8 Å². The number of rotatable bonds is 5. The Hall–Kier alpha value is -2.37. The number of carbonyl (C=O) groups excluding carboxylic acids is 3. The summed E-state index contributed by atoms with van der Waals surface area (Å²) >= 11 is 0. The van der Waals surface area contributed by atoms with Gasteiger partial charge in [-0.25, -0.2) is 4.79 Å². The van der Waals surface area contributed by atoms with Crippen LogP contribution in [0.2, 0.25) is 0 Å². The molecule has 1 aromatic rings. The molecule has 1 aliphatic heterocycles. The van der Waals surface area contributed by atoms with Crippen molar-refractivity contribution in [1.82, 2.24) is 10.2 Å². The van der Waals surface area contributed by atoms with E-state index in [-0.39, 0.29) is 18.4 Å². The summed E-state index contributed by atoms with van der Waals surface area (Å²) in [5.41, 5.74) is 0.561. The highest BCUT2D eigenvalue weighted by atomic mass is 16.5. The van der Waals surface area contributed by atoms with Crippen molar-refractivity contribution in [3.05, 3.63) is 35.9 Å². The van der Waals surface area contributed by atoms with Crippen molar-refractivity contribution in [2.24, 2.45) is 0 Å². The van der Waals surface area contributed by atoms with E-state index in [1.54, 1.807) is 43.0 Å². The Morgan fingerprint density at radius 3 is 2.65 bits per heavy atom. The van der Waals surface area contributed by atoms with E-state index in [0.29, 0.717) is 18.5 Å². The third-order valence-corrected chi connectivity index (χ3v) is 3.84. The van der Waals surface area contributed by atoms with E-state index >= 15 is 0 Å². The fourth-order valence-electron chi connectivity index (χ4n) is 2.66. The molecule has 1 saturated heterocycles. The number of benzene rings is 1. The molecule has 2 atom stereocenters. The van der Waals surface area contributed by atoms with Crippen LogP contribution in [0, 0.1) is 0 Å². The summed E-state index contributed by atoms with van der Waals surface area (Å²) in [6.07, 6.45) is 1.37. The molecular weight excluding hydrogens is 296 g/mol. The van der Waals surface area contributed by atoms with E-state index in [1.807, 2.05) is 6.07 Å². The quantitative estimate of drug-likeness (QED) is 0.832. The Kier molecular flexibility index (Phi) is 5.73. The number of esters is 1. The highest BCUT2D eigenvalue weighted by Gasteiger charge is 2.35. The fraction of sp³-hybridized carbons (Fsp3) is 0.471. The molecule has 0 spiro atoms. The zero-order valence-corrected chi connectivity index (χ0v) is 13.5. The summed E-state index contributed by atoms with van der Waals surface area (Å²) < 4.78 is 4.88. The molecule has 23 heavy (non-hydrogen) atoms. The summed E-state index contributed by atoms with van der Waals surface area (Å²) in [4.78, 5) is 38.1. The lowest BCUT2D eigenvalue weighted by Gasteiger charge is -2.25. The van der Waals surface area contributed by atoms with E-state index in [1.165, 1.54) is 0 Å². The third-order valence-electron chi connectivity index (χ3n) is 3.84. The molecule has 0 radical (unpaired) electrons. The van der Waals surface area contributed by atoms with Gasteiger partial charge in [0, 0.05) is 12.1 Å². The molecule has 0 aromatic heterocycles. The minimum Gasteiger partial charge on any atom is -0.464 e. The first-order valence-electron chi connectivity index (χ1n) is 7.87. The Morgan fingerprint density at radius 1 is 1.30 bits per heavy atom. The van der Waals surface area contributed by atoms with Gasteiger partial charge in [0.05, 0.1) is 6.61 Å². The molecule has 0 bridgehead atoms. The van der Waals surface area contributed by atoms with E-state index < -0.39 is 18.1 Å². The number of ether oxygens (including phenoxy) is 1. The van der Waals surface area contributed by atoms with E-state index in [9.17, 15) is 14.4 Å². The van der Waals surface area contributed by atoms with E-state index in [0.717, 1.165) is 6.42 Å². The lowest BCUT2D eigenvalue weighted by molar-refractivity contribution is -0.147. The average molecular weight is 318 g/mol. The van der Waals surface area contributed by atoms with Gasteiger partial charge in [0.2, 0.25) is 5.91 Å². The highest BCUT2D eigenvalue weighted by Crippen LogP contribution is 2.20. The topological polar surface area (TPSA) is 75.7 Å². The number of nitrogens with one attached hydrogen (secondary N) is 1. The van der Waals surface area contributed by atoms with Crippen molar-refractivity contribution in [3.63, 3.8) is 0 Å². The summed E-state index contributed by atoms with van der Waals surface area (Å²) in [5, 5.41) is 2.64.